The molecule has 17 N–H and O–H groups in total. The average Bonchev–Trinajstić information content (AvgIpc) is 3.07. The molecule has 0 aliphatic heterocycles. The van der Waals surface area contributed by atoms with Crippen molar-refractivity contribution < 1.29 is 83.1 Å². The topological polar surface area (TPSA) is 456 Å². The molecule has 8 amide bonds. The van der Waals surface area contributed by atoms with E-state index < -0.39 is 170 Å². The Kier molecular flexibility index (Phi) is 21.7. The van der Waals surface area contributed by atoms with Crippen LogP contribution >= 0.6 is 12.6 Å². The molecule has 26 nitrogen and oxygen atoms in total. The van der Waals surface area contributed by atoms with Crippen LogP contribution in [0.1, 0.15) is 51.9 Å². The maximum absolute atomic E-state index is 13.3. The number of hydrogen-bond donors (Lipinski definition) is 15. The van der Waals surface area contributed by atoms with Crippen LogP contribution in [0.25, 0.3) is 0 Å². The van der Waals surface area contributed by atoms with Crippen LogP contribution in [-0.2, 0) is 57.5 Å². The number of carbonyl (C=O) groups excluding carboxylic acids is 8. The monoisotopic (exact) mass is 823 g/mol. The minimum absolute atomic E-state index is 0.485. The fourth-order valence-electron chi connectivity index (χ4n) is 4.38. The number of aliphatic hydroxyl groups excluding tert-OH is 1. The van der Waals surface area contributed by atoms with Crippen LogP contribution in [0.5, 0.6) is 0 Å². The zero-order chi connectivity index (χ0) is 43.4. The molecule has 0 bridgehead atoms. The Morgan fingerprint density at radius 2 is 0.911 bits per heavy atom. The molecule has 0 saturated heterocycles. The lowest BCUT2D eigenvalue weighted by Gasteiger charge is -2.27. The fourth-order valence-corrected chi connectivity index (χ4v) is 4.63. The van der Waals surface area contributed by atoms with Gasteiger partial charge >= 0.3 is 23.9 Å². The predicted molar refractivity (Wildman–Crippen MR) is 186 cm³/mol. The van der Waals surface area contributed by atoms with Gasteiger partial charge in [0, 0.05) is 18.6 Å². The first-order valence-corrected chi connectivity index (χ1v) is 16.8. The summed E-state index contributed by atoms with van der Waals surface area (Å²) in [6.45, 7) is 0.998. The molecule has 0 aromatic carbocycles. The summed E-state index contributed by atoms with van der Waals surface area (Å²) in [7, 11) is 0. The van der Waals surface area contributed by atoms with Gasteiger partial charge in [0.05, 0.1) is 31.4 Å². The summed E-state index contributed by atoms with van der Waals surface area (Å²) in [6.07, 6.45) is -7.32. The summed E-state index contributed by atoms with van der Waals surface area (Å²) < 4.78 is 0. The number of amides is 8. The number of nitrogens with one attached hydrogen (secondary N) is 6. The van der Waals surface area contributed by atoms with Gasteiger partial charge in [0.2, 0.25) is 47.3 Å². The Labute approximate surface area is 321 Å². The van der Waals surface area contributed by atoms with Crippen LogP contribution in [0, 0.1) is 0 Å². The lowest BCUT2D eigenvalue weighted by atomic mass is 10.1. The maximum Gasteiger partial charge on any atom is 0.326 e. The van der Waals surface area contributed by atoms with Crippen molar-refractivity contribution in [3.8, 4) is 0 Å². The van der Waals surface area contributed by atoms with Gasteiger partial charge in [-0.15, -0.1) is 0 Å². The van der Waals surface area contributed by atoms with E-state index in [9.17, 15) is 78.0 Å². The summed E-state index contributed by atoms with van der Waals surface area (Å²) in [5, 5.41) is 59.2. The van der Waals surface area contributed by atoms with Gasteiger partial charge in [-0.3, -0.25) is 52.7 Å². The third-order valence-corrected chi connectivity index (χ3v) is 7.59. The van der Waals surface area contributed by atoms with E-state index in [1.165, 1.54) is 0 Å². The Balaban J connectivity index is 6.24. The lowest BCUT2D eigenvalue weighted by molar-refractivity contribution is -0.144. The van der Waals surface area contributed by atoms with Gasteiger partial charge in [0.15, 0.2) is 0 Å². The minimum atomic E-state index is -2.10. The summed E-state index contributed by atoms with van der Waals surface area (Å²) in [6, 6.07) is -12.8. The van der Waals surface area contributed by atoms with Gasteiger partial charge in [-0.2, -0.15) is 12.6 Å². The molecule has 0 aromatic heterocycles. The second kappa shape index (κ2) is 24.3. The van der Waals surface area contributed by atoms with Crippen molar-refractivity contribution in [2.24, 2.45) is 17.2 Å². The second-order valence-corrected chi connectivity index (χ2v) is 12.3. The van der Waals surface area contributed by atoms with E-state index in [1.807, 2.05) is 26.6 Å². The fraction of sp³-hybridized carbons (Fsp3) is 0.586. The summed E-state index contributed by atoms with van der Waals surface area (Å²) in [5.41, 5.74) is 15.6. The Bertz CT molecular complexity index is 1530. The molecule has 0 spiro atoms. The molecule has 0 radical (unpaired) electrons. The van der Waals surface area contributed by atoms with Crippen molar-refractivity contribution >= 4 is 83.8 Å². The quantitative estimate of drug-likeness (QED) is 0.0342. The van der Waals surface area contributed by atoms with E-state index in [4.69, 9.17) is 22.3 Å². The van der Waals surface area contributed by atoms with Crippen molar-refractivity contribution in [3.63, 3.8) is 0 Å². The number of rotatable bonds is 27. The maximum atomic E-state index is 13.3. The van der Waals surface area contributed by atoms with Crippen LogP contribution in [0.2, 0.25) is 0 Å². The number of carboxylic acid groups (broad SMARTS) is 4. The molecule has 314 valence electrons. The molecular formula is C29H45N9O17S. The van der Waals surface area contributed by atoms with Crippen molar-refractivity contribution in [2.45, 2.75) is 100 Å². The first kappa shape index (κ1) is 49.9. The van der Waals surface area contributed by atoms with Crippen molar-refractivity contribution in [2.75, 3.05) is 5.75 Å². The highest BCUT2D eigenvalue weighted by Crippen LogP contribution is 2.06. The number of primary amides is 2. The largest absolute Gasteiger partial charge is 0.481 e. The van der Waals surface area contributed by atoms with Crippen LogP contribution in [0.3, 0.4) is 0 Å². The van der Waals surface area contributed by atoms with Crippen LogP contribution < -0.4 is 49.1 Å². The van der Waals surface area contributed by atoms with Gasteiger partial charge in [-0.1, -0.05) is 0 Å². The summed E-state index contributed by atoms with van der Waals surface area (Å²) in [5.74, 6) is -16.6. The standard InChI is InChI=1S/C29H45N9O17S/c1-10(39)22(28(53)37-16(9-56)27(52)34-13(29(54)55)3-5-20(44)45)38-24(49)12(2-4-19(42)43)33-26(51)15(8-21(46)47)36-25(50)14(7-18(32)41)35-23(48)11(30)6-17(31)40/h10-16,22,39,56H,2-9,30H2,1H3,(H2,31,40)(H2,32,41)(H,33,51)(H,34,52)(H,35,48)(H,36,50)(H,37,53)(H,38,49)(H,42,43)(H,44,45)(H,46,47)(H,54,55). The Morgan fingerprint density at radius 3 is 1.34 bits per heavy atom. The third kappa shape index (κ3) is 19.3. The van der Waals surface area contributed by atoms with E-state index in [1.54, 1.807) is 0 Å². The number of nitrogens with two attached hydrogens (primary N) is 3. The molecule has 8 atom stereocenters. The number of aliphatic hydroxyl groups is 1. The Hall–Kier alpha value is -6.09. The second-order valence-electron chi connectivity index (χ2n) is 12.0. The number of aliphatic carboxylic acids is 4. The normalized spacial score (nSPS) is 15.0. The van der Waals surface area contributed by atoms with Crippen molar-refractivity contribution in [3.05, 3.63) is 0 Å². The van der Waals surface area contributed by atoms with Gasteiger partial charge < -0.3 is 74.6 Å². The molecule has 27 heteroatoms. The summed E-state index contributed by atoms with van der Waals surface area (Å²) >= 11 is 3.92. The van der Waals surface area contributed by atoms with Gasteiger partial charge in [0.25, 0.3) is 0 Å². The highest BCUT2D eigenvalue weighted by Gasteiger charge is 2.36. The lowest BCUT2D eigenvalue weighted by Crippen LogP contribution is -2.62. The number of thiol groups is 1. The molecule has 56 heavy (non-hydrogen) atoms. The van der Waals surface area contributed by atoms with Crippen molar-refractivity contribution in [1.29, 1.82) is 0 Å². The molecule has 0 aromatic rings. The SMILES string of the molecule is CC(O)C(NC(=O)C(CCC(=O)O)NC(=O)C(CC(=O)O)NC(=O)C(CC(N)=O)NC(=O)C(N)CC(N)=O)C(=O)NC(CS)C(=O)NC(CCC(=O)O)C(=O)O. The molecule has 0 rings (SSSR count). The molecule has 0 aliphatic carbocycles. The van der Waals surface area contributed by atoms with Crippen LogP contribution in [0.4, 0.5) is 0 Å². The first-order chi connectivity index (χ1) is 25.9. The average molecular weight is 824 g/mol. The highest BCUT2D eigenvalue weighted by molar-refractivity contribution is 7.80. The van der Waals surface area contributed by atoms with Crippen LogP contribution in [0.15, 0.2) is 0 Å². The third-order valence-electron chi connectivity index (χ3n) is 7.23. The van der Waals surface area contributed by atoms with Crippen molar-refractivity contribution in [1.82, 2.24) is 31.9 Å². The number of carboxylic acids is 4. The van der Waals surface area contributed by atoms with E-state index in [-0.39, 0.29) is 0 Å². The Morgan fingerprint density at radius 1 is 0.518 bits per heavy atom. The molecule has 0 fully saturated rings. The predicted octanol–water partition coefficient (Wildman–Crippen LogP) is -7.43. The first-order valence-electron chi connectivity index (χ1n) is 16.2. The molecule has 8 unspecified atom stereocenters. The van der Waals surface area contributed by atoms with Gasteiger partial charge in [-0.05, 0) is 19.8 Å². The zero-order valence-corrected chi connectivity index (χ0v) is 30.5. The molecule has 0 aliphatic rings. The molecule has 0 saturated carbocycles. The van der Waals surface area contributed by atoms with E-state index in [0.29, 0.717) is 0 Å². The molecular weight excluding hydrogens is 778 g/mol. The van der Waals surface area contributed by atoms with Crippen LogP contribution in [-0.4, -0.2) is 151 Å². The summed E-state index contributed by atoms with van der Waals surface area (Å²) in [4.78, 5) is 146. The smallest absolute Gasteiger partial charge is 0.326 e. The number of carbonyl (C=O) groups is 12. The van der Waals surface area contributed by atoms with Gasteiger partial charge in [0.1, 0.15) is 36.3 Å². The van der Waals surface area contributed by atoms with E-state index in [2.05, 4.69) is 17.9 Å². The van der Waals surface area contributed by atoms with Gasteiger partial charge in [-0.25, -0.2) is 4.79 Å². The molecule has 0 heterocycles. The van der Waals surface area contributed by atoms with E-state index >= 15 is 0 Å². The number of hydrogen-bond acceptors (Lipinski definition) is 15. The minimum Gasteiger partial charge on any atom is -0.481 e. The highest BCUT2D eigenvalue weighted by atomic mass is 32.1. The zero-order valence-electron chi connectivity index (χ0n) is 29.6. The van der Waals surface area contributed by atoms with E-state index in [0.717, 1.165) is 6.92 Å².